The maximum absolute atomic E-state index is 13.6. The van der Waals surface area contributed by atoms with Crippen molar-refractivity contribution in [2.24, 2.45) is 5.92 Å². The molecule has 4 aromatic carbocycles. The number of carbonyl (C=O) groups is 3. The second kappa shape index (κ2) is 22.4. The largest absolute Gasteiger partial charge is 0.494 e. The van der Waals surface area contributed by atoms with Crippen molar-refractivity contribution >= 4 is 55.2 Å². The molecule has 0 saturated carbocycles. The molecule has 0 aromatic heterocycles. The van der Waals surface area contributed by atoms with Crippen molar-refractivity contribution in [3.05, 3.63) is 125 Å². The van der Waals surface area contributed by atoms with Gasteiger partial charge in [0.1, 0.15) is 25.1 Å². The van der Waals surface area contributed by atoms with Gasteiger partial charge in [-0.3, -0.25) is 24.2 Å². The summed E-state index contributed by atoms with van der Waals surface area (Å²) in [7, 11) is -1.71. The highest BCUT2D eigenvalue weighted by molar-refractivity contribution is 6.76. The number of amides is 3. The summed E-state index contributed by atoms with van der Waals surface area (Å²) in [6, 6.07) is 34.5. The molecule has 14 heteroatoms. The molecule has 0 bridgehead atoms. The van der Waals surface area contributed by atoms with Crippen molar-refractivity contribution in [3.8, 4) is 5.75 Å². The van der Waals surface area contributed by atoms with E-state index in [2.05, 4.69) is 160 Å². The highest BCUT2D eigenvalue weighted by Crippen LogP contribution is 2.39. The number of rotatable bonds is 18. The topological polar surface area (TPSA) is 104 Å². The van der Waals surface area contributed by atoms with Crippen LogP contribution in [-0.4, -0.2) is 142 Å². The fraction of sp³-hybridized carbons (Fsp3) is 0.508. The Kier molecular flexibility index (Phi) is 16.2. The number of ether oxygens (including phenoxy) is 2. The number of piperidine rings is 2. The van der Waals surface area contributed by atoms with Crippen LogP contribution in [0.25, 0.3) is 11.1 Å². The van der Waals surface area contributed by atoms with E-state index in [1.54, 1.807) is 4.90 Å². The number of hydrogen-bond donors (Lipinski definition) is 0. The van der Waals surface area contributed by atoms with Gasteiger partial charge in [-0.1, -0.05) is 93.3 Å². The molecule has 1 atom stereocenters. The van der Waals surface area contributed by atoms with E-state index in [9.17, 15) is 14.4 Å². The van der Waals surface area contributed by atoms with Crippen LogP contribution in [0.5, 0.6) is 5.75 Å². The lowest BCUT2D eigenvalue weighted by atomic mass is 9.78. The molecule has 4 saturated heterocycles. The average molecular weight is 1010 g/mol. The minimum Gasteiger partial charge on any atom is -0.492 e. The van der Waals surface area contributed by atoms with Crippen LogP contribution in [-0.2, 0) is 30.2 Å². The van der Waals surface area contributed by atoms with Crippen molar-refractivity contribution in [1.82, 2.24) is 19.6 Å². The summed E-state index contributed by atoms with van der Waals surface area (Å²) in [6.45, 7) is 27.1. The van der Waals surface area contributed by atoms with Gasteiger partial charge in [0, 0.05) is 91.3 Å². The summed E-state index contributed by atoms with van der Waals surface area (Å²) in [6.07, 6.45) is 3.73. The highest BCUT2D eigenvalue weighted by Gasteiger charge is 2.52. The summed E-state index contributed by atoms with van der Waals surface area (Å²) < 4.78 is 24.9. The predicted molar refractivity (Wildman–Crippen MR) is 295 cm³/mol. The first-order valence-corrected chi connectivity index (χ1v) is 30.7. The van der Waals surface area contributed by atoms with Crippen molar-refractivity contribution in [2.45, 2.75) is 116 Å². The molecule has 5 aliphatic heterocycles. The van der Waals surface area contributed by atoms with Gasteiger partial charge in [0.05, 0.1) is 11.2 Å². The van der Waals surface area contributed by atoms with Gasteiger partial charge < -0.3 is 33.5 Å². The van der Waals surface area contributed by atoms with E-state index in [4.69, 9.17) is 18.8 Å². The fourth-order valence-corrected chi connectivity index (χ4v) is 11.7. The maximum atomic E-state index is 13.6. The van der Waals surface area contributed by atoms with Gasteiger partial charge >= 0.3 is 7.12 Å². The third-order valence-electron chi connectivity index (χ3n) is 16.3. The number of anilines is 1. The Bertz CT molecular complexity index is 2590. The van der Waals surface area contributed by atoms with Gasteiger partial charge in [-0.25, -0.2) is 0 Å². The van der Waals surface area contributed by atoms with Crippen LogP contribution in [0.3, 0.4) is 0 Å². The minimum atomic E-state index is -1.30. The van der Waals surface area contributed by atoms with E-state index in [1.807, 2.05) is 6.07 Å². The first-order chi connectivity index (χ1) is 35.0. The molecular formula is C59H78BN5O7Si. The van der Waals surface area contributed by atoms with Gasteiger partial charge in [0.15, 0.2) is 0 Å². The number of nitrogens with zero attached hydrogens (tertiary/aromatic N) is 5. The summed E-state index contributed by atoms with van der Waals surface area (Å²) in [5.74, 6) is 0.858. The first kappa shape index (κ1) is 52.8. The van der Waals surface area contributed by atoms with Gasteiger partial charge in [-0.05, 0) is 135 Å². The van der Waals surface area contributed by atoms with Crippen LogP contribution in [0.1, 0.15) is 99.3 Å². The second-order valence-corrected chi connectivity index (χ2v) is 28.7. The Morgan fingerprint density at radius 3 is 2.03 bits per heavy atom. The fourth-order valence-electron chi connectivity index (χ4n) is 11.0. The third kappa shape index (κ3) is 12.2. The predicted octanol–water partition coefficient (Wildman–Crippen LogP) is 9.05. The van der Waals surface area contributed by atoms with Crippen LogP contribution in [0.15, 0.2) is 97.1 Å². The van der Waals surface area contributed by atoms with E-state index in [0.717, 1.165) is 111 Å². The molecule has 4 aromatic rings. The summed E-state index contributed by atoms with van der Waals surface area (Å²) in [5.41, 5.74) is 9.02. The van der Waals surface area contributed by atoms with Crippen molar-refractivity contribution in [2.75, 3.05) is 77.2 Å². The van der Waals surface area contributed by atoms with E-state index in [1.165, 1.54) is 21.6 Å². The van der Waals surface area contributed by atoms with E-state index < -0.39 is 32.4 Å². The molecular weight excluding hydrogens is 930 g/mol. The molecule has 5 heterocycles. The maximum Gasteiger partial charge on any atom is 0.494 e. The zero-order valence-corrected chi connectivity index (χ0v) is 45.8. The van der Waals surface area contributed by atoms with E-state index in [-0.39, 0.29) is 30.9 Å². The highest BCUT2D eigenvalue weighted by atomic mass is 28.3. The van der Waals surface area contributed by atoms with E-state index in [0.29, 0.717) is 37.7 Å². The molecule has 0 N–H and O–H groups in total. The molecule has 3 amide bonds. The summed E-state index contributed by atoms with van der Waals surface area (Å²) in [4.78, 5) is 50.5. The lowest BCUT2D eigenvalue weighted by molar-refractivity contribution is -0.158. The van der Waals surface area contributed by atoms with Gasteiger partial charge in [0.25, 0.3) is 11.8 Å². The third-order valence-corrected chi connectivity index (χ3v) is 18.0. The molecule has 1 unspecified atom stereocenters. The second-order valence-electron chi connectivity index (χ2n) is 23.1. The first-order valence-electron chi connectivity index (χ1n) is 27.0. The van der Waals surface area contributed by atoms with Gasteiger partial charge in [-0.15, -0.1) is 0 Å². The summed E-state index contributed by atoms with van der Waals surface area (Å²) >= 11 is 0. The monoisotopic (exact) mass is 1010 g/mol. The molecule has 5 aliphatic rings. The minimum absolute atomic E-state index is 0.0446. The number of imide groups is 1. The zero-order valence-electron chi connectivity index (χ0n) is 44.8. The van der Waals surface area contributed by atoms with Crippen molar-refractivity contribution in [3.63, 3.8) is 0 Å². The molecule has 0 radical (unpaired) electrons. The number of carbonyl (C=O) groups excluding carboxylic acids is 3. The molecule has 12 nitrogen and oxygen atoms in total. The number of benzene rings is 4. The smallest absolute Gasteiger partial charge is 0.492 e. The number of hydrogen-bond acceptors (Lipinski definition) is 10. The molecule has 0 aliphatic carbocycles. The van der Waals surface area contributed by atoms with Crippen LogP contribution < -0.4 is 15.1 Å². The number of piperazine rings is 1. The van der Waals surface area contributed by atoms with Crippen molar-refractivity contribution < 1.29 is 33.2 Å². The Morgan fingerprint density at radius 2 is 1.38 bits per heavy atom. The van der Waals surface area contributed by atoms with Gasteiger partial charge in [-0.2, -0.15) is 0 Å². The van der Waals surface area contributed by atoms with Gasteiger partial charge in [0.2, 0.25) is 5.91 Å². The average Bonchev–Trinajstić information content (AvgIpc) is 3.82. The number of allylic oxidation sites excluding steroid dienone is 1. The Labute approximate surface area is 436 Å². The van der Waals surface area contributed by atoms with Crippen molar-refractivity contribution in [1.29, 1.82) is 0 Å². The lowest BCUT2D eigenvalue weighted by Gasteiger charge is -2.39. The molecule has 9 rings (SSSR count). The van der Waals surface area contributed by atoms with Crippen LogP contribution in [0.2, 0.25) is 25.7 Å². The van der Waals surface area contributed by atoms with Crippen LogP contribution >= 0.6 is 0 Å². The van der Waals surface area contributed by atoms with Crippen LogP contribution in [0.4, 0.5) is 5.69 Å². The Hall–Kier alpha value is -5.09. The number of likely N-dealkylation sites (tertiary alicyclic amines) is 1. The SMILES string of the molecule is CC/C(=C(\c1ccc(OCCN2CCN(CC3CCN(c4ccc5c(c4)CN(C4CCC(=O)N(COCC[Si](C)(C)C)C4=O)C5=O)CC3)CC2)cc1)c1ccc(B2OC(C)(C)C(C)(C)O2)cc1)c1ccccc1. The molecule has 4 fully saturated rings. The Balaban J connectivity index is 0.721. The van der Waals surface area contributed by atoms with Crippen LogP contribution in [0, 0.1) is 5.92 Å². The molecule has 388 valence electrons. The Morgan fingerprint density at radius 1 is 0.740 bits per heavy atom. The zero-order chi connectivity index (χ0) is 51.5. The lowest BCUT2D eigenvalue weighted by Crippen LogP contribution is -2.55. The standard InChI is InChI=1S/C59H78BN5O7Si/c1-9-51(44-13-11-10-12-14-44)55(45-15-19-48(20-16-45)60-71-58(2,3)59(4,5)72-60)46-17-22-50(23-18-46)70-36-35-61-31-33-62(34-32-61)40-43-27-29-63(30-28-43)49-21-24-52-47(39-49)41-64(56(52)67)53-25-26-54(66)65(57(53)68)42-69-37-38-73(6,7)8/h10-24,39,43,53H,9,25-38,40-42H2,1-8H3/b55-51+. The normalized spacial score (nSPS) is 21.3. The number of fused-ring (bicyclic) bond motifs is 1. The molecule has 0 spiro atoms. The van der Waals surface area contributed by atoms with E-state index >= 15 is 0 Å². The molecule has 73 heavy (non-hydrogen) atoms. The summed E-state index contributed by atoms with van der Waals surface area (Å²) in [5, 5.41) is 0. The quantitative estimate of drug-likeness (QED) is 0.0415.